The molecule has 12 N–H and O–H groups in total. The van der Waals surface area contributed by atoms with Gasteiger partial charge in [-0.2, -0.15) is 0 Å². The maximum atomic E-state index is 13.4. The van der Waals surface area contributed by atoms with E-state index in [0.717, 1.165) is 44.9 Å². The van der Waals surface area contributed by atoms with E-state index in [2.05, 4.69) is 43.5 Å². The summed E-state index contributed by atoms with van der Waals surface area (Å²) in [5.74, 6) is -0.285. The molecule has 0 aromatic heterocycles. The summed E-state index contributed by atoms with van der Waals surface area (Å²) in [5.41, 5.74) is 0. The Hall–Kier alpha value is -1.99. The highest BCUT2D eigenvalue weighted by molar-refractivity contribution is 5.76. The summed E-state index contributed by atoms with van der Waals surface area (Å²) in [6.07, 6.45) is 37.2. The van der Waals surface area contributed by atoms with Crippen LogP contribution in [0.4, 0.5) is 0 Å². The van der Waals surface area contributed by atoms with Gasteiger partial charge in [-0.15, -0.1) is 0 Å². The summed E-state index contributed by atoms with van der Waals surface area (Å²) in [6, 6.07) is -0.994. The molecule has 1 amide bonds. The van der Waals surface area contributed by atoms with Crippen LogP contribution in [-0.2, 0) is 33.2 Å². The highest BCUT2D eigenvalue weighted by atomic mass is 16.8. The molecule has 3 fully saturated rings. The normalized spacial score (nSPS) is 28.0. The average molecular weight is 1300 g/mol. The summed E-state index contributed by atoms with van der Waals surface area (Å²) in [6.45, 7) is 1.72. The van der Waals surface area contributed by atoms with E-state index in [1.54, 1.807) is 6.08 Å². The van der Waals surface area contributed by atoms with Gasteiger partial charge in [0.1, 0.15) is 73.2 Å². The standard InChI is InChI=1S/C72H133NO18/c1-3-5-7-9-11-13-15-17-19-21-22-23-24-25-26-27-28-29-30-31-32-33-34-36-38-40-42-44-46-48-50-60(78)73-55(56(77)49-47-45-43-41-39-37-35-20-18-16-14-12-10-8-6-4-2)54-86-70-66(84)63(81)68(58(52-75)88-70)91-72-67(85)64(82)69(59(53-76)89-72)90-71-65(83)62(80)61(79)57(51-74)87-71/h18,20,39,41,47,49,55-59,61-72,74-77,79-85H,3-17,19,21-38,40,42-46,48,50-54H2,1-2H3,(H,73,78)/b20-18+,41-39+,49-47+. The SMILES string of the molecule is CCCCCCCC/C=C/CC/C=C/CC/C=C/C(O)C(COC1OC(CO)C(OC2OC(CO)C(OC3OC(CO)C(O)C(O)C3O)C(O)C2O)C(O)C1O)NC(=O)CCCCCCCCCCCCCCCCCCCCCCCCCCCCCCCC. The maximum Gasteiger partial charge on any atom is 0.220 e. The fourth-order valence-corrected chi connectivity index (χ4v) is 12.5. The first-order valence-electron chi connectivity index (χ1n) is 36.7. The Labute approximate surface area is 549 Å². The van der Waals surface area contributed by atoms with Crippen molar-refractivity contribution in [1.29, 1.82) is 0 Å². The van der Waals surface area contributed by atoms with Crippen LogP contribution in [0.15, 0.2) is 36.5 Å². The first-order chi connectivity index (χ1) is 44.3. The number of aliphatic hydroxyl groups is 11. The molecule has 3 rings (SSSR count). The number of carbonyl (C=O) groups excluding carboxylic acids is 1. The largest absolute Gasteiger partial charge is 0.394 e. The van der Waals surface area contributed by atoms with E-state index in [9.17, 15) is 61.0 Å². The first kappa shape index (κ1) is 83.2. The van der Waals surface area contributed by atoms with E-state index >= 15 is 0 Å². The highest BCUT2D eigenvalue weighted by Gasteiger charge is 2.53. The fourth-order valence-electron chi connectivity index (χ4n) is 12.5. The molecular formula is C72H133NO18. The first-order valence-corrected chi connectivity index (χ1v) is 36.7. The third kappa shape index (κ3) is 35.7. The predicted molar refractivity (Wildman–Crippen MR) is 356 cm³/mol. The van der Waals surface area contributed by atoms with Gasteiger partial charge in [0.2, 0.25) is 5.91 Å². The molecule has 3 saturated heterocycles. The minimum atomic E-state index is -1.98. The van der Waals surface area contributed by atoms with E-state index in [1.807, 2.05) is 6.08 Å². The molecule has 0 aromatic carbocycles. The van der Waals surface area contributed by atoms with Crippen molar-refractivity contribution in [3.05, 3.63) is 36.5 Å². The molecule has 0 radical (unpaired) electrons. The Bertz CT molecular complexity index is 1790. The quantitative estimate of drug-likeness (QED) is 0.0199. The number of nitrogens with one attached hydrogen (secondary N) is 1. The number of hydrogen-bond acceptors (Lipinski definition) is 18. The number of carbonyl (C=O) groups is 1. The van der Waals surface area contributed by atoms with E-state index in [1.165, 1.54) is 205 Å². The summed E-state index contributed by atoms with van der Waals surface area (Å²) in [4.78, 5) is 13.4. The molecule has 0 aliphatic carbocycles. The van der Waals surface area contributed by atoms with E-state index in [0.29, 0.717) is 12.8 Å². The van der Waals surface area contributed by atoms with Gasteiger partial charge in [0, 0.05) is 6.42 Å². The fraction of sp³-hybridized carbons (Fsp3) is 0.903. The summed E-state index contributed by atoms with van der Waals surface area (Å²) in [5, 5.41) is 120. The van der Waals surface area contributed by atoms with Gasteiger partial charge < -0.3 is 89.9 Å². The van der Waals surface area contributed by atoms with Crippen LogP contribution in [0.5, 0.6) is 0 Å². The number of unbranched alkanes of at least 4 members (excludes halogenated alkanes) is 37. The molecule has 534 valence electrons. The number of allylic oxidation sites excluding steroid dienone is 5. The summed E-state index contributed by atoms with van der Waals surface area (Å²) in [7, 11) is 0. The van der Waals surface area contributed by atoms with Crippen LogP contribution in [0.1, 0.15) is 284 Å². The molecule has 0 saturated carbocycles. The topological polar surface area (TPSA) is 307 Å². The molecule has 17 atom stereocenters. The Morgan fingerprint density at radius 3 is 1.10 bits per heavy atom. The zero-order valence-corrected chi connectivity index (χ0v) is 56.6. The molecule has 3 aliphatic rings. The lowest BCUT2D eigenvalue weighted by atomic mass is 9.96. The zero-order chi connectivity index (χ0) is 66.1. The minimum absolute atomic E-state index is 0.236. The molecule has 0 bridgehead atoms. The molecule has 0 aromatic rings. The van der Waals surface area contributed by atoms with Gasteiger partial charge >= 0.3 is 0 Å². The highest BCUT2D eigenvalue weighted by Crippen LogP contribution is 2.33. The van der Waals surface area contributed by atoms with Crippen LogP contribution in [0.3, 0.4) is 0 Å². The van der Waals surface area contributed by atoms with Crippen LogP contribution in [-0.4, -0.2) is 193 Å². The molecule has 19 heteroatoms. The van der Waals surface area contributed by atoms with E-state index in [4.69, 9.17) is 28.4 Å². The number of aliphatic hydroxyl groups excluding tert-OH is 11. The molecule has 19 nitrogen and oxygen atoms in total. The van der Waals surface area contributed by atoms with Crippen LogP contribution in [0.2, 0.25) is 0 Å². The van der Waals surface area contributed by atoms with Crippen molar-refractivity contribution < 1.29 is 89.4 Å². The van der Waals surface area contributed by atoms with Crippen LogP contribution in [0.25, 0.3) is 0 Å². The monoisotopic (exact) mass is 1300 g/mol. The van der Waals surface area contributed by atoms with Crippen LogP contribution in [0, 0.1) is 0 Å². The second-order valence-electron chi connectivity index (χ2n) is 26.4. The number of amides is 1. The van der Waals surface area contributed by atoms with E-state index in [-0.39, 0.29) is 18.9 Å². The molecule has 3 aliphatic heterocycles. The van der Waals surface area contributed by atoms with Crippen molar-refractivity contribution in [1.82, 2.24) is 5.32 Å². The molecular weight excluding hydrogens is 1170 g/mol. The van der Waals surface area contributed by atoms with Crippen molar-refractivity contribution >= 4 is 5.91 Å². The lowest BCUT2D eigenvalue weighted by Crippen LogP contribution is -2.66. The molecule has 0 spiro atoms. The average Bonchev–Trinajstić information content (AvgIpc) is 0.885. The molecule has 17 unspecified atom stereocenters. The van der Waals surface area contributed by atoms with Crippen molar-refractivity contribution in [2.24, 2.45) is 0 Å². The van der Waals surface area contributed by atoms with Crippen molar-refractivity contribution in [2.45, 2.75) is 388 Å². The number of ether oxygens (including phenoxy) is 6. The molecule has 91 heavy (non-hydrogen) atoms. The predicted octanol–water partition coefficient (Wildman–Crippen LogP) is 10.4. The Morgan fingerprint density at radius 2 is 0.703 bits per heavy atom. The van der Waals surface area contributed by atoms with Crippen molar-refractivity contribution in [2.75, 3.05) is 26.4 Å². The summed E-state index contributed by atoms with van der Waals surface area (Å²) < 4.78 is 34.3. The number of rotatable bonds is 57. The zero-order valence-electron chi connectivity index (χ0n) is 56.6. The summed E-state index contributed by atoms with van der Waals surface area (Å²) >= 11 is 0. The van der Waals surface area contributed by atoms with Crippen molar-refractivity contribution in [3.8, 4) is 0 Å². The van der Waals surface area contributed by atoms with Gasteiger partial charge in [-0.1, -0.05) is 269 Å². The van der Waals surface area contributed by atoms with Crippen molar-refractivity contribution in [3.63, 3.8) is 0 Å². The lowest BCUT2D eigenvalue weighted by molar-refractivity contribution is -0.379. The van der Waals surface area contributed by atoms with E-state index < -0.39 is 124 Å². The minimum Gasteiger partial charge on any atom is -0.394 e. The van der Waals surface area contributed by atoms with Gasteiger partial charge in [-0.25, -0.2) is 0 Å². The van der Waals surface area contributed by atoms with Crippen LogP contribution < -0.4 is 5.32 Å². The Morgan fingerprint density at radius 1 is 0.385 bits per heavy atom. The smallest absolute Gasteiger partial charge is 0.220 e. The van der Waals surface area contributed by atoms with Crippen LogP contribution >= 0.6 is 0 Å². The lowest BCUT2D eigenvalue weighted by Gasteiger charge is -2.48. The number of hydrogen-bond donors (Lipinski definition) is 12. The third-order valence-corrected chi connectivity index (χ3v) is 18.4. The van der Waals surface area contributed by atoms with Gasteiger partial charge in [-0.05, 0) is 44.9 Å². The second kappa shape index (κ2) is 54.1. The van der Waals surface area contributed by atoms with Gasteiger partial charge in [0.15, 0.2) is 18.9 Å². The van der Waals surface area contributed by atoms with Gasteiger partial charge in [0.25, 0.3) is 0 Å². The Kier molecular flexibility index (Phi) is 49.5. The maximum absolute atomic E-state index is 13.4. The second-order valence-corrected chi connectivity index (χ2v) is 26.4. The van der Waals surface area contributed by atoms with Gasteiger partial charge in [-0.3, -0.25) is 4.79 Å². The Balaban J connectivity index is 1.38. The third-order valence-electron chi connectivity index (χ3n) is 18.4. The van der Waals surface area contributed by atoms with Gasteiger partial charge in [0.05, 0.1) is 38.6 Å². The molecule has 3 heterocycles.